The van der Waals surface area contributed by atoms with Gasteiger partial charge in [0.25, 0.3) is 10.0 Å². The Kier molecular flexibility index (Phi) is 4.42. The molecule has 124 valence electrons. The van der Waals surface area contributed by atoms with Crippen molar-refractivity contribution < 1.29 is 17.9 Å². The van der Waals surface area contributed by atoms with Crippen LogP contribution in [0.25, 0.3) is 11.3 Å². The summed E-state index contributed by atoms with van der Waals surface area (Å²) < 4.78 is 32.9. The SMILES string of the molecule is Cc1ccc(S(=O)(=O)Nc2cccc(-c3ccc(CO)o3)c2)cc1. The Balaban J connectivity index is 1.87. The van der Waals surface area contributed by atoms with Crippen LogP contribution in [0, 0.1) is 6.92 Å². The number of aliphatic hydroxyl groups excluding tert-OH is 1. The van der Waals surface area contributed by atoms with Gasteiger partial charge in [0.05, 0.1) is 4.90 Å². The summed E-state index contributed by atoms with van der Waals surface area (Å²) in [5.41, 5.74) is 2.15. The number of benzene rings is 2. The monoisotopic (exact) mass is 343 g/mol. The van der Waals surface area contributed by atoms with Gasteiger partial charge < -0.3 is 9.52 Å². The summed E-state index contributed by atoms with van der Waals surface area (Å²) in [4.78, 5) is 0.207. The van der Waals surface area contributed by atoms with Crippen LogP contribution < -0.4 is 4.72 Å². The molecule has 0 atom stereocenters. The van der Waals surface area contributed by atoms with Crippen LogP contribution >= 0.6 is 0 Å². The van der Waals surface area contributed by atoms with Gasteiger partial charge in [-0.2, -0.15) is 0 Å². The summed E-state index contributed by atoms with van der Waals surface area (Å²) >= 11 is 0. The molecule has 2 N–H and O–H groups in total. The second-order valence-corrected chi connectivity index (χ2v) is 7.11. The van der Waals surface area contributed by atoms with Crippen LogP contribution in [-0.4, -0.2) is 13.5 Å². The van der Waals surface area contributed by atoms with Crippen molar-refractivity contribution in [3.05, 3.63) is 72.0 Å². The van der Waals surface area contributed by atoms with E-state index in [4.69, 9.17) is 9.52 Å². The molecule has 3 rings (SSSR count). The van der Waals surface area contributed by atoms with Gasteiger partial charge in [-0.25, -0.2) is 8.42 Å². The molecule has 5 nitrogen and oxygen atoms in total. The highest BCUT2D eigenvalue weighted by Gasteiger charge is 2.14. The highest BCUT2D eigenvalue weighted by molar-refractivity contribution is 7.92. The highest BCUT2D eigenvalue weighted by Crippen LogP contribution is 2.26. The van der Waals surface area contributed by atoms with Crippen LogP contribution in [-0.2, 0) is 16.6 Å². The second kappa shape index (κ2) is 6.51. The predicted octanol–water partition coefficient (Wildman–Crippen LogP) is 3.55. The van der Waals surface area contributed by atoms with Crippen molar-refractivity contribution in [2.45, 2.75) is 18.4 Å². The first kappa shape index (κ1) is 16.3. The third-order valence-corrected chi connectivity index (χ3v) is 4.95. The molecule has 0 spiro atoms. The standard InChI is InChI=1S/C18H17NO4S/c1-13-5-8-17(9-6-13)24(21,22)19-15-4-2-3-14(11-15)18-10-7-16(12-20)23-18/h2-11,19-20H,12H2,1H3. The lowest BCUT2D eigenvalue weighted by atomic mass is 10.1. The fourth-order valence-corrected chi connectivity index (χ4v) is 3.33. The van der Waals surface area contributed by atoms with Gasteiger partial charge in [-0.3, -0.25) is 4.72 Å². The summed E-state index contributed by atoms with van der Waals surface area (Å²) in [6.07, 6.45) is 0. The molecular formula is C18H17NO4S. The summed E-state index contributed by atoms with van der Waals surface area (Å²) in [6, 6.07) is 17.0. The Morgan fingerprint density at radius 1 is 1.04 bits per heavy atom. The van der Waals surface area contributed by atoms with Crippen molar-refractivity contribution in [1.29, 1.82) is 0 Å². The van der Waals surface area contributed by atoms with Crippen LogP contribution in [0.1, 0.15) is 11.3 Å². The average Bonchev–Trinajstić information content (AvgIpc) is 3.04. The van der Waals surface area contributed by atoms with Gasteiger partial charge in [-0.1, -0.05) is 29.8 Å². The Bertz CT molecular complexity index is 943. The number of hydrogen-bond donors (Lipinski definition) is 2. The molecule has 0 aliphatic rings. The van der Waals surface area contributed by atoms with Gasteiger partial charge in [0, 0.05) is 11.3 Å². The molecule has 1 aromatic heterocycles. The molecule has 0 saturated heterocycles. The molecule has 0 aliphatic carbocycles. The van der Waals surface area contributed by atoms with Crippen molar-refractivity contribution in [2.75, 3.05) is 4.72 Å². The molecule has 1 heterocycles. The molecule has 0 unspecified atom stereocenters. The van der Waals surface area contributed by atoms with Gasteiger partial charge in [-0.15, -0.1) is 0 Å². The van der Waals surface area contributed by atoms with E-state index in [9.17, 15) is 8.42 Å². The summed E-state index contributed by atoms with van der Waals surface area (Å²) in [5, 5.41) is 9.07. The molecule has 3 aromatic rings. The number of aliphatic hydroxyl groups is 1. The quantitative estimate of drug-likeness (QED) is 0.742. The summed E-state index contributed by atoms with van der Waals surface area (Å²) in [5.74, 6) is 1.02. The zero-order valence-corrected chi connectivity index (χ0v) is 13.9. The highest BCUT2D eigenvalue weighted by atomic mass is 32.2. The number of sulfonamides is 1. The van der Waals surface area contributed by atoms with Crippen LogP contribution in [0.15, 0.2) is 70.0 Å². The van der Waals surface area contributed by atoms with E-state index in [2.05, 4.69) is 4.72 Å². The first-order valence-corrected chi connectivity index (χ1v) is 8.86. The van der Waals surface area contributed by atoms with E-state index in [0.717, 1.165) is 11.1 Å². The minimum absolute atomic E-state index is 0.181. The first-order valence-electron chi connectivity index (χ1n) is 7.37. The smallest absolute Gasteiger partial charge is 0.261 e. The predicted molar refractivity (Wildman–Crippen MR) is 92.1 cm³/mol. The van der Waals surface area contributed by atoms with Crippen LogP contribution in [0.3, 0.4) is 0 Å². The van der Waals surface area contributed by atoms with Crippen LogP contribution in [0.2, 0.25) is 0 Å². The molecule has 2 aromatic carbocycles. The zero-order valence-electron chi connectivity index (χ0n) is 13.1. The van der Waals surface area contributed by atoms with E-state index in [1.165, 1.54) is 0 Å². The van der Waals surface area contributed by atoms with Crippen molar-refractivity contribution in [1.82, 2.24) is 0 Å². The maximum atomic E-state index is 12.4. The number of hydrogen-bond acceptors (Lipinski definition) is 4. The van der Waals surface area contributed by atoms with Gasteiger partial charge in [-0.05, 0) is 43.3 Å². The number of furan rings is 1. The maximum Gasteiger partial charge on any atom is 0.261 e. The molecule has 0 amide bonds. The molecule has 24 heavy (non-hydrogen) atoms. The van der Waals surface area contributed by atoms with E-state index in [1.54, 1.807) is 54.6 Å². The average molecular weight is 343 g/mol. The molecule has 0 fully saturated rings. The third-order valence-electron chi connectivity index (χ3n) is 3.55. The molecule has 0 aliphatic heterocycles. The number of rotatable bonds is 5. The summed E-state index contributed by atoms with van der Waals surface area (Å²) in [7, 11) is -3.65. The van der Waals surface area contributed by atoms with Gasteiger partial charge >= 0.3 is 0 Å². The van der Waals surface area contributed by atoms with Crippen molar-refractivity contribution in [2.24, 2.45) is 0 Å². The molecule has 6 heteroatoms. The van der Waals surface area contributed by atoms with E-state index < -0.39 is 10.0 Å². The lowest BCUT2D eigenvalue weighted by Crippen LogP contribution is -2.12. The van der Waals surface area contributed by atoms with E-state index in [1.807, 2.05) is 13.0 Å². The largest absolute Gasteiger partial charge is 0.459 e. The van der Waals surface area contributed by atoms with Gasteiger partial charge in [0.15, 0.2) is 0 Å². The minimum Gasteiger partial charge on any atom is -0.459 e. The number of aryl methyl sites for hydroxylation is 1. The number of anilines is 1. The van der Waals surface area contributed by atoms with Crippen LogP contribution in [0.4, 0.5) is 5.69 Å². The van der Waals surface area contributed by atoms with Crippen molar-refractivity contribution in [3.8, 4) is 11.3 Å². The lowest BCUT2D eigenvalue weighted by molar-refractivity contribution is 0.248. The third kappa shape index (κ3) is 3.50. The Hall–Kier alpha value is -2.57. The zero-order chi connectivity index (χ0) is 17.2. The Morgan fingerprint density at radius 2 is 1.79 bits per heavy atom. The van der Waals surface area contributed by atoms with E-state index in [-0.39, 0.29) is 11.5 Å². The molecule has 0 saturated carbocycles. The van der Waals surface area contributed by atoms with Crippen LogP contribution in [0.5, 0.6) is 0 Å². The summed E-state index contributed by atoms with van der Waals surface area (Å²) in [6.45, 7) is 1.72. The Labute approximate surface area is 140 Å². The molecule has 0 bridgehead atoms. The van der Waals surface area contributed by atoms with Gasteiger partial charge in [0.1, 0.15) is 18.1 Å². The fourth-order valence-electron chi connectivity index (χ4n) is 2.29. The van der Waals surface area contributed by atoms with E-state index >= 15 is 0 Å². The van der Waals surface area contributed by atoms with Crippen molar-refractivity contribution in [3.63, 3.8) is 0 Å². The lowest BCUT2D eigenvalue weighted by Gasteiger charge is -2.09. The fraction of sp³-hybridized carbons (Fsp3) is 0.111. The molecule has 0 radical (unpaired) electrons. The first-order chi connectivity index (χ1) is 11.5. The normalized spacial score (nSPS) is 11.4. The Morgan fingerprint density at radius 3 is 2.46 bits per heavy atom. The maximum absolute atomic E-state index is 12.4. The number of nitrogens with one attached hydrogen (secondary N) is 1. The van der Waals surface area contributed by atoms with Crippen molar-refractivity contribution >= 4 is 15.7 Å². The van der Waals surface area contributed by atoms with E-state index in [0.29, 0.717) is 17.2 Å². The minimum atomic E-state index is -3.65. The van der Waals surface area contributed by atoms with Gasteiger partial charge in [0.2, 0.25) is 0 Å². The second-order valence-electron chi connectivity index (χ2n) is 5.42. The topological polar surface area (TPSA) is 79.5 Å². The molecular weight excluding hydrogens is 326 g/mol.